The van der Waals surface area contributed by atoms with Gasteiger partial charge in [-0.05, 0) is 30.0 Å². The van der Waals surface area contributed by atoms with Crippen LogP contribution in [-0.4, -0.2) is 34.7 Å². The number of aromatic carboxylic acids is 1. The van der Waals surface area contributed by atoms with Gasteiger partial charge >= 0.3 is 5.97 Å². The van der Waals surface area contributed by atoms with Crippen LogP contribution in [0.2, 0.25) is 0 Å². The van der Waals surface area contributed by atoms with Crippen LogP contribution in [0.5, 0.6) is 0 Å². The van der Waals surface area contributed by atoms with E-state index < -0.39 is 23.8 Å². The summed E-state index contributed by atoms with van der Waals surface area (Å²) >= 11 is 0. The van der Waals surface area contributed by atoms with Crippen LogP contribution in [-0.2, 0) is 0 Å². The maximum absolute atomic E-state index is 13.7. The number of carboxylic acid groups (broad SMARTS) is 1. The minimum atomic E-state index is -1.26. The molecule has 0 saturated heterocycles. The number of aliphatic hydroxyl groups is 1. The minimum Gasteiger partial charge on any atom is -0.478 e. The van der Waals surface area contributed by atoms with Crippen molar-refractivity contribution >= 4 is 11.9 Å². The van der Waals surface area contributed by atoms with Crippen LogP contribution in [0.15, 0.2) is 18.2 Å². The minimum absolute atomic E-state index is 0.0101. The highest BCUT2D eigenvalue weighted by Crippen LogP contribution is 2.20. The predicted molar refractivity (Wildman–Crippen MR) is 75.8 cm³/mol. The normalized spacial score (nSPS) is 12.8. The Morgan fingerprint density at radius 2 is 1.95 bits per heavy atom. The number of rotatable bonds is 5. The number of carbonyl (C=O) groups is 2. The second-order valence-corrected chi connectivity index (χ2v) is 6.13. The van der Waals surface area contributed by atoms with E-state index in [1.165, 1.54) is 0 Å². The number of carbonyl (C=O) groups excluding carboxylic acids is 1. The van der Waals surface area contributed by atoms with Crippen molar-refractivity contribution < 1.29 is 24.2 Å². The van der Waals surface area contributed by atoms with Crippen LogP contribution in [0.25, 0.3) is 0 Å². The number of benzene rings is 1. The molecule has 1 amide bonds. The fourth-order valence-electron chi connectivity index (χ4n) is 1.92. The second kappa shape index (κ2) is 6.67. The van der Waals surface area contributed by atoms with Crippen molar-refractivity contribution in [1.29, 1.82) is 0 Å². The number of hydrogen-bond donors (Lipinski definition) is 3. The molecule has 1 atom stereocenters. The van der Waals surface area contributed by atoms with E-state index in [9.17, 15) is 19.1 Å². The molecule has 0 aliphatic heterocycles. The first-order valence-electron chi connectivity index (χ1n) is 6.59. The molecule has 0 saturated carbocycles. The maximum Gasteiger partial charge on any atom is 0.335 e. The molecule has 0 aliphatic rings. The summed E-state index contributed by atoms with van der Waals surface area (Å²) in [5.41, 5.74) is -0.557. The molecule has 0 radical (unpaired) electrons. The molecule has 1 rings (SSSR count). The molecule has 5 nitrogen and oxygen atoms in total. The third kappa shape index (κ3) is 5.51. The van der Waals surface area contributed by atoms with Crippen LogP contribution in [0, 0.1) is 11.2 Å². The van der Waals surface area contributed by atoms with E-state index in [1.807, 2.05) is 20.8 Å². The highest BCUT2D eigenvalue weighted by Gasteiger charge is 2.19. The van der Waals surface area contributed by atoms with Gasteiger partial charge in [-0.15, -0.1) is 0 Å². The summed E-state index contributed by atoms with van der Waals surface area (Å²) < 4.78 is 13.7. The van der Waals surface area contributed by atoms with Gasteiger partial charge < -0.3 is 15.5 Å². The summed E-state index contributed by atoms with van der Waals surface area (Å²) in [7, 11) is 0. The molecule has 0 spiro atoms. The third-order valence-electron chi connectivity index (χ3n) is 2.81. The fourth-order valence-corrected chi connectivity index (χ4v) is 1.92. The molecule has 1 aromatic carbocycles. The average Bonchev–Trinajstić information content (AvgIpc) is 2.33. The summed E-state index contributed by atoms with van der Waals surface area (Å²) in [6.45, 7) is 5.89. The lowest BCUT2D eigenvalue weighted by Gasteiger charge is -2.22. The SMILES string of the molecule is CC(C)(C)CC(O)CNC(=O)c1ccc(C(=O)O)cc1F. The molecule has 0 bridgehead atoms. The molecule has 116 valence electrons. The molecule has 0 fully saturated rings. The fraction of sp³-hybridized carbons (Fsp3) is 0.467. The Bertz CT molecular complexity index is 537. The van der Waals surface area contributed by atoms with Gasteiger partial charge in [0.1, 0.15) is 5.82 Å². The number of carboxylic acids is 1. The van der Waals surface area contributed by atoms with Gasteiger partial charge in [0.25, 0.3) is 5.91 Å². The second-order valence-electron chi connectivity index (χ2n) is 6.13. The third-order valence-corrected chi connectivity index (χ3v) is 2.81. The molecule has 21 heavy (non-hydrogen) atoms. The topological polar surface area (TPSA) is 86.6 Å². The lowest BCUT2D eigenvalue weighted by molar-refractivity contribution is 0.0695. The molecule has 0 aliphatic carbocycles. The molecule has 1 aromatic rings. The largest absolute Gasteiger partial charge is 0.478 e. The lowest BCUT2D eigenvalue weighted by Crippen LogP contribution is -2.34. The van der Waals surface area contributed by atoms with Crippen LogP contribution < -0.4 is 5.32 Å². The van der Waals surface area contributed by atoms with Crippen molar-refractivity contribution in [3.63, 3.8) is 0 Å². The lowest BCUT2D eigenvalue weighted by atomic mass is 9.89. The summed E-state index contributed by atoms with van der Waals surface area (Å²) in [5.74, 6) is -2.85. The molecular weight excluding hydrogens is 277 g/mol. The van der Waals surface area contributed by atoms with E-state index in [1.54, 1.807) is 0 Å². The van der Waals surface area contributed by atoms with Crippen molar-refractivity contribution in [3.8, 4) is 0 Å². The Kier molecular flexibility index (Phi) is 5.43. The van der Waals surface area contributed by atoms with Gasteiger partial charge in [0.15, 0.2) is 0 Å². The van der Waals surface area contributed by atoms with E-state index in [2.05, 4.69) is 5.32 Å². The van der Waals surface area contributed by atoms with Crippen LogP contribution in [0.1, 0.15) is 47.9 Å². The van der Waals surface area contributed by atoms with Gasteiger partial charge in [0.2, 0.25) is 0 Å². The smallest absolute Gasteiger partial charge is 0.335 e. The number of halogens is 1. The van der Waals surface area contributed by atoms with Crippen molar-refractivity contribution in [2.24, 2.45) is 5.41 Å². The Labute approximate surface area is 122 Å². The first-order valence-corrected chi connectivity index (χ1v) is 6.59. The highest BCUT2D eigenvalue weighted by molar-refractivity contribution is 5.96. The molecule has 0 heterocycles. The first kappa shape index (κ1) is 17.1. The summed E-state index contributed by atoms with van der Waals surface area (Å²) in [6, 6.07) is 3.07. The monoisotopic (exact) mass is 297 g/mol. The zero-order chi connectivity index (χ0) is 16.2. The molecule has 6 heteroatoms. The summed E-state index contributed by atoms with van der Waals surface area (Å²) in [6.07, 6.45) is -0.233. The predicted octanol–water partition coefficient (Wildman–Crippen LogP) is 2.05. The van der Waals surface area contributed by atoms with Crippen molar-refractivity contribution in [3.05, 3.63) is 35.1 Å². The van der Waals surface area contributed by atoms with E-state index in [0.29, 0.717) is 6.42 Å². The van der Waals surface area contributed by atoms with Crippen molar-refractivity contribution in [2.45, 2.75) is 33.3 Å². The molecule has 1 unspecified atom stereocenters. The van der Waals surface area contributed by atoms with Crippen LogP contribution in [0.3, 0.4) is 0 Å². The number of aliphatic hydroxyl groups excluding tert-OH is 1. The van der Waals surface area contributed by atoms with Crippen LogP contribution in [0.4, 0.5) is 4.39 Å². The molecule has 3 N–H and O–H groups in total. The Morgan fingerprint density at radius 1 is 1.33 bits per heavy atom. The Hall–Kier alpha value is -1.95. The van der Waals surface area contributed by atoms with Gasteiger partial charge in [0, 0.05) is 6.54 Å². The van der Waals surface area contributed by atoms with Crippen molar-refractivity contribution in [1.82, 2.24) is 5.32 Å². The van der Waals surface area contributed by atoms with Gasteiger partial charge in [-0.3, -0.25) is 4.79 Å². The van der Waals surface area contributed by atoms with Crippen molar-refractivity contribution in [2.75, 3.05) is 6.54 Å². The zero-order valence-corrected chi connectivity index (χ0v) is 12.3. The number of amides is 1. The number of hydrogen-bond acceptors (Lipinski definition) is 3. The maximum atomic E-state index is 13.7. The van der Waals surface area contributed by atoms with Crippen LogP contribution >= 0.6 is 0 Å². The Balaban J connectivity index is 2.66. The molecule has 0 aromatic heterocycles. The van der Waals surface area contributed by atoms with E-state index >= 15 is 0 Å². The van der Waals surface area contributed by atoms with E-state index in [-0.39, 0.29) is 23.1 Å². The van der Waals surface area contributed by atoms with Gasteiger partial charge in [0.05, 0.1) is 17.2 Å². The molecular formula is C15H20FNO4. The van der Waals surface area contributed by atoms with E-state index in [4.69, 9.17) is 5.11 Å². The first-order chi connectivity index (χ1) is 9.60. The van der Waals surface area contributed by atoms with E-state index in [0.717, 1.165) is 18.2 Å². The number of nitrogens with one attached hydrogen (secondary N) is 1. The average molecular weight is 297 g/mol. The highest BCUT2D eigenvalue weighted by atomic mass is 19.1. The van der Waals surface area contributed by atoms with Gasteiger partial charge in [-0.1, -0.05) is 20.8 Å². The zero-order valence-electron chi connectivity index (χ0n) is 12.3. The standard InChI is InChI=1S/C15H20FNO4/c1-15(2,3)7-10(18)8-17-13(19)11-5-4-9(14(20)21)6-12(11)16/h4-6,10,18H,7-8H2,1-3H3,(H,17,19)(H,20,21). The van der Waals surface area contributed by atoms with Gasteiger partial charge in [-0.25, -0.2) is 9.18 Å². The quantitative estimate of drug-likeness (QED) is 0.776. The summed E-state index contributed by atoms with van der Waals surface area (Å²) in [4.78, 5) is 22.5. The van der Waals surface area contributed by atoms with Gasteiger partial charge in [-0.2, -0.15) is 0 Å². The Morgan fingerprint density at radius 3 is 2.43 bits per heavy atom. The summed E-state index contributed by atoms with van der Waals surface area (Å²) in [5, 5.41) is 20.9.